The lowest BCUT2D eigenvalue weighted by Crippen LogP contribution is -2.49. The van der Waals surface area contributed by atoms with E-state index in [1.165, 1.54) is 5.56 Å². The summed E-state index contributed by atoms with van der Waals surface area (Å²) in [6.45, 7) is 7.11. The van der Waals surface area contributed by atoms with Crippen LogP contribution in [0.25, 0.3) is 0 Å². The molecule has 4 heteroatoms. The van der Waals surface area contributed by atoms with Crippen molar-refractivity contribution in [3.8, 4) is 0 Å². The van der Waals surface area contributed by atoms with Crippen LogP contribution in [0.5, 0.6) is 0 Å². The number of carbonyl (C=O) groups is 1. The van der Waals surface area contributed by atoms with Crippen molar-refractivity contribution in [2.45, 2.75) is 58.5 Å². The smallest absolute Gasteiger partial charge is 0.242 e. The molecule has 0 bridgehead atoms. The minimum atomic E-state index is -0.161. The van der Waals surface area contributed by atoms with Crippen LogP contribution in [-0.4, -0.2) is 24.5 Å². The third-order valence-corrected chi connectivity index (χ3v) is 4.44. The molecule has 0 spiro atoms. The van der Waals surface area contributed by atoms with Crippen LogP contribution in [0.15, 0.2) is 18.2 Å². The summed E-state index contributed by atoms with van der Waals surface area (Å²) >= 11 is 0. The van der Waals surface area contributed by atoms with E-state index in [4.69, 9.17) is 5.73 Å². The van der Waals surface area contributed by atoms with E-state index in [9.17, 15) is 4.79 Å². The SMILES string of the molecule is CCC(CC)NC(=O)C(C)N1CCCc2ccc(N)cc21. The van der Waals surface area contributed by atoms with Gasteiger partial charge in [0, 0.05) is 24.0 Å². The predicted molar refractivity (Wildman–Crippen MR) is 88.5 cm³/mol. The maximum atomic E-state index is 12.5. The molecule has 1 atom stereocenters. The minimum Gasteiger partial charge on any atom is -0.399 e. The Morgan fingerprint density at radius 3 is 2.76 bits per heavy atom. The zero-order valence-corrected chi connectivity index (χ0v) is 13.4. The van der Waals surface area contributed by atoms with Crippen molar-refractivity contribution < 1.29 is 4.79 Å². The fourth-order valence-corrected chi connectivity index (χ4v) is 2.98. The lowest BCUT2D eigenvalue weighted by Gasteiger charge is -2.36. The van der Waals surface area contributed by atoms with Gasteiger partial charge in [-0.05, 0) is 50.3 Å². The van der Waals surface area contributed by atoms with Gasteiger partial charge < -0.3 is 16.0 Å². The van der Waals surface area contributed by atoms with Gasteiger partial charge in [-0.2, -0.15) is 0 Å². The number of amides is 1. The molecule has 116 valence electrons. The fourth-order valence-electron chi connectivity index (χ4n) is 2.98. The Morgan fingerprint density at radius 2 is 2.10 bits per heavy atom. The molecular formula is C17H27N3O. The van der Waals surface area contributed by atoms with Gasteiger partial charge in [-0.25, -0.2) is 0 Å². The zero-order valence-electron chi connectivity index (χ0n) is 13.4. The number of nitrogens with zero attached hydrogens (tertiary/aromatic N) is 1. The molecule has 1 heterocycles. The van der Waals surface area contributed by atoms with E-state index >= 15 is 0 Å². The van der Waals surface area contributed by atoms with Gasteiger partial charge in [0.25, 0.3) is 0 Å². The second-order valence-electron chi connectivity index (χ2n) is 5.88. The largest absolute Gasteiger partial charge is 0.399 e. The van der Waals surface area contributed by atoms with Crippen LogP contribution < -0.4 is 16.0 Å². The van der Waals surface area contributed by atoms with Crippen LogP contribution in [0, 0.1) is 0 Å². The van der Waals surface area contributed by atoms with Crippen molar-refractivity contribution in [3.05, 3.63) is 23.8 Å². The van der Waals surface area contributed by atoms with E-state index in [0.29, 0.717) is 0 Å². The number of nitrogens with one attached hydrogen (secondary N) is 1. The molecular weight excluding hydrogens is 262 g/mol. The highest BCUT2D eigenvalue weighted by atomic mass is 16.2. The lowest BCUT2D eigenvalue weighted by molar-refractivity contribution is -0.122. The Balaban J connectivity index is 2.15. The topological polar surface area (TPSA) is 58.4 Å². The maximum Gasteiger partial charge on any atom is 0.242 e. The fraction of sp³-hybridized carbons (Fsp3) is 0.588. The molecule has 3 N–H and O–H groups in total. The molecule has 1 unspecified atom stereocenters. The van der Waals surface area contributed by atoms with E-state index in [-0.39, 0.29) is 18.0 Å². The summed E-state index contributed by atoms with van der Waals surface area (Å²) in [5, 5.41) is 3.15. The third-order valence-electron chi connectivity index (χ3n) is 4.44. The van der Waals surface area contributed by atoms with E-state index in [0.717, 1.165) is 43.6 Å². The number of anilines is 2. The van der Waals surface area contributed by atoms with Gasteiger partial charge in [-0.15, -0.1) is 0 Å². The summed E-state index contributed by atoms with van der Waals surface area (Å²) in [4.78, 5) is 14.7. The number of rotatable bonds is 5. The number of hydrogen-bond acceptors (Lipinski definition) is 3. The molecule has 1 amide bonds. The highest BCUT2D eigenvalue weighted by molar-refractivity contribution is 5.86. The van der Waals surface area contributed by atoms with Crippen LogP contribution in [-0.2, 0) is 11.2 Å². The summed E-state index contributed by atoms with van der Waals surface area (Å²) in [6.07, 6.45) is 4.09. The molecule has 0 radical (unpaired) electrons. The van der Waals surface area contributed by atoms with E-state index in [1.807, 2.05) is 19.1 Å². The molecule has 0 saturated heterocycles. The average Bonchev–Trinajstić information content (AvgIpc) is 2.50. The van der Waals surface area contributed by atoms with Crippen molar-refractivity contribution >= 4 is 17.3 Å². The molecule has 1 aromatic rings. The first kappa shape index (κ1) is 15.7. The molecule has 4 nitrogen and oxygen atoms in total. The molecule has 0 fully saturated rings. The van der Waals surface area contributed by atoms with Gasteiger partial charge in [0.15, 0.2) is 0 Å². The Labute approximate surface area is 127 Å². The van der Waals surface area contributed by atoms with Gasteiger partial charge in [-0.1, -0.05) is 19.9 Å². The van der Waals surface area contributed by atoms with Gasteiger partial charge in [0.1, 0.15) is 6.04 Å². The molecule has 2 rings (SSSR count). The Hall–Kier alpha value is -1.71. The highest BCUT2D eigenvalue weighted by Crippen LogP contribution is 2.30. The maximum absolute atomic E-state index is 12.5. The second-order valence-corrected chi connectivity index (χ2v) is 5.88. The van der Waals surface area contributed by atoms with Crippen LogP contribution in [0.3, 0.4) is 0 Å². The van der Waals surface area contributed by atoms with Gasteiger partial charge >= 0.3 is 0 Å². The summed E-state index contributed by atoms with van der Waals surface area (Å²) in [6, 6.07) is 6.13. The molecule has 0 saturated carbocycles. The molecule has 1 aliphatic rings. The van der Waals surface area contributed by atoms with Crippen molar-refractivity contribution in [1.82, 2.24) is 5.32 Å². The summed E-state index contributed by atoms with van der Waals surface area (Å²) < 4.78 is 0. The van der Waals surface area contributed by atoms with Crippen LogP contribution >= 0.6 is 0 Å². The first-order chi connectivity index (χ1) is 10.1. The monoisotopic (exact) mass is 289 g/mol. The molecule has 21 heavy (non-hydrogen) atoms. The molecule has 0 aromatic heterocycles. The lowest BCUT2D eigenvalue weighted by atomic mass is 9.99. The van der Waals surface area contributed by atoms with Gasteiger partial charge in [-0.3, -0.25) is 4.79 Å². The summed E-state index contributed by atoms with van der Waals surface area (Å²) in [5.74, 6) is 0.110. The van der Waals surface area contributed by atoms with Crippen molar-refractivity contribution in [2.24, 2.45) is 0 Å². The van der Waals surface area contributed by atoms with Crippen molar-refractivity contribution in [3.63, 3.8) is 0 Å². The normalized spacial score (nSPS) is 15.7. The average molecular weight is 289 g/mol. The number of nitrogens with two attached hydrogens (primary N) is 1. The number of aryl methyl sites for hydroxylation is 1. The second kappa shape index (κ2) is 6.83. The van der Waals surface area contributed by atoms with Crippen LogP contribution in [0.1, 0.15) is 45.6 Å². The van der Waals surface area contributed by atoms with Gasteiger partial charge in [0.05, 0.1) is 0 Å². The zero-order chi connectivity index (χ0) is 15.4. The Kier molecular flexibility index (Phi) is 5.10. The first-order valence-corrected chi connectivity index (χ1v) is 8.02. The molecule has 1 aliphatic heterocycles. The number of hydrogen-bond donors (Lipinski definition) is 2. The van der Waals surface area contributed by atoms with Crippen LogP contribution in [0.2, 0.25) is 0 Å². The minimum absolute atomic E-state index is 0.110. The predicted octanol–water partition coefficient (Wildman–Crippen LogP) is 2.71. The molecule has 0 aliphatic carbocycles. The third kappa shape index (κ3) is 3.49. The number of carbonyl (C=O) groups excluding carboxylic acids is 1. The number of nitrogen functional groups attached to an aromatic ring is 1. The van der Waals surface area contributed by atoms with Crippen molar-refractivity contribution in [1.29, 1.82) is 0 Å². The standard InChI is InChI=1S/C17H27N3O/c1-4-15(5-2)19-17(21)12(3)20-10-6-7-13-8-9-14(18)11-16(13)20/h8-9,11-12,15H,4-7,10,18H2,1-3H3,(H,19,21). The Bertz CT molecular complexity index is 497. The Morgan fingerprint density at radius 1 is 1.38 bits per heavy atom. The van der Waals surface area contributed by atoms with Gasteiger partial charge in [0.2, 0.25) is 5.91 Å². The summed E-state index contributed by atoms with van der Waals surface area (Å²) in [5.41, 5.74) is 9.08. The van der Waals surface area contributed by atoms with Crippen molar-refractivity contribution in [2.75, 3.05) is 17.2 Å². The summed E-state index contributed by atoms with van der Waals surface area (Å²) in [7, 11) is 0. The van der Waals surface area contributed by atoms with E-state index in [1.54, 1.807) is 0 Å². The van der Waals surface area contributed by atoms with Crippen LogP contribution in [0.4, 0.5) is 11.4 Å². The van der Waals surface area contributed by atoms with E-state index < -0.39 is 0 Å². The quantitative estimate of drug-likeness (QED) is 0.819. The molecule has 1 aromatic carbocycles. The number of fused-ring (bicyclic) bond motifs is 1. The first-order valence-electron chi connectivity index (χ1n) is 8.02. The number of benzene rings is 1. The highest BCUT2D eigenvalue weighted by Gasteiger charge is 2.26. The van der Waals surface area contributed by atoms with E-state index in [2.05, 4.69) is 30.1 Å².